The van der Waals surface area contributed by atoms with E-state index >= 15 is 0 Å². The van der Waals surface area contributed by atoms with Crippen LogP contribution in [0.15, 0.2) is 84.9 Å². The molecule has 0 unspecified atom stereocenters. The number of benzene rings is 3. The molecule has 0 amide bonds. The number of nitrogens with zero attached hydrogens (tertiary/aromatic N) is 3. The standard InChI is InChI=1S/C26H22N4/c1-17-13-15-19-7-5-11-23(25(19)28-17)30(22-10-4-3-9-21(22)27)24-12-6-8-20-16-14-18(2)29-26(20)24/h3-16H,27H2,1-2H3. The van der Waals surface area contributed by atoms with Crippen molar-refractivity contribution in [2.24, 2.45) is 0 Å². The Bertz CT molecular complexity index is 1310. The summed E-state index contributed by atoms with van der Waals surface area (Å²) in [5.41, 5.74) is 13.8. The first-order valence-corrected chi connectivity index (χ1v) is 9.99. The summed E-state index contributed by atoms with van der Waals surface area (Å²) in [6, 6.07) is 28.7. The number of pyridine rings is 2. The third-order valence-electron chi connectivity index (χ3n) is 5.34. The number of fused-ring (bicyclic) bond motifs is 2. The molecule has 4 nitrogen and oxygen atoms in total. The first-order chi connectivity index (χ1) is 14.6. The number of aryl methyl sites for hydroxylation is 2. The van der Waals surface area contributed by atoms with Crippen LogP contribution >= 0.6 is 0 Å². The van der Waals surface area contributed by atoms with Gasteiger partial charge < -0.3 is 10.6 Å². The van der Waals surface area contributed by atoms with Crippen molar-refractivity contribution in [2.45, 2.75) is 13.8 Å². The van der Waals surface area contributed by atoms with Crippen molar-refractivity contribution in [3.63, 3.8) is 0 Å². The van der Waals surface area contributed by atoms with Crippen LogP contribution in [-0.4, -0.2) is 9.97 Å². The van der Waals surface area contributed by atoms with Gasteiger partial charge in [0.1, 0.15) is 0 Å². The van der Waals surface area contributed by atoms with Gasteiger partial charge in [-0.2, -0.15) is 0 Å². The summed E-state index contributed by atoms with van der Waals surface area (Å²) in [6.07, 6.45) is 0. The van der Waals surface area contributed by atoms with Crippen LogP contribution in [0.5, 0.6) is 0 Å². The molecule has 146 valence electrons. The molecule has 0 spiro atoms. The van der Waals surface area contributed by atoms with Gasteiger partial charge in [-0.3, -0.25) is 9.97 Å². The molecule has 0 fully saturated rings. The molecule has 5 aromatic rings. The Morgan fingerprint density at radius 3 is 1.60 bits per heavy atom. The third kappa shape index (κ3) is 3.03. The molecular formula is C26H22N4. The van der Waals surface area contributed by atoms with Crippen LogP contribution in [0, 0.1) is 13.8 Å². The summed E-state index contributed by atoms with van der Waals surface area (Å²) < 4.78 is 0. The Balaban J connectivity index is 1.89. The second-order valence-corrected chi connectivity index (χ2v) is 7.50. The van der Waals surface area contributed by atoms with E-state index in [1.165, 1.54) is 0 Å². The van der Waals surface area contributed by atoms with Crippen molar-refractivity contribution in [1.29, 1.82) is 0 Å². The lowest BCUT2D eigenvalue weighted by Crippen LogP contribution is -2.13. The molecule has 0 atom stereocenters. The largest absolute Gasteiger partial charge is 0.397 e. The molecule has 0 saturated heterocycles. The maximum Gasteiger partial charge on any atom is 0.0945 e. The van der Waals surface area contributed by atoms with Crippen molar-refractivity contribution < 1.29 is 0 Å². The Morgan fingerprint density at radius 1 is 0.567 bits per heavy atom. The van der Waals surface area contributed by atoms with Gasteiger partial charge in [0, 0.05) is 22.2 Å². The monoisotopic (exact) mass is 390 g/mol. The van der Waals surface area contributed by atoms with E-state index in [2.05, 4.69) is 53.4 Å². The molecule has 30 heavy (non-hydrogen) atoms. The topological polar surface area (TPSA) is 55.0 Å². The lowest BCUT2D eigenvalue weighted by molar-refractivity contribution is 1.21. The minimum Gasteiger partial charge on any atom is -0.397 e. The third-order valence-corrected chi connectivity index (χ3v) is 5.34. The van der Waals surface area contributed by atoms with Gasteiger partial charge in [-0.05, 0) is 50.2 Å². The van der Waals surface area contributed by atoms with Gasteiger partial charge >= 0.3 is 0 Å². The molecule has 2 N–H and O–H groups in total. The molecule has 0 radical (unpaired) electrons. The molecular weight excluding hydrogens is 368 g/mol. The van der Waals surface area contributed by atoms with E-state index in [1.807, 2.05) is 50.2 Å². The quantitative estimate of drug-likeness (QED) is 0.360. The summed E-state index contributed by atoms with van der Waals surface area (Å²) in [5.74, 6) is 0. The van der Waals surface area contributed by atoms with E-state index < -0.39 is 0 Å². The van der Waals surface area contributed by atoms with Gasteiger partial charge in [-0.1, -0.05) is 48.5 Å². The fourth-order valence-electron chi connectivity index (χ4n) is 3.90. The average molecular weight is 390 g/mol. The Morgan fingerprint density at radius 2 is 1.07 bits per heavy atom. The summed E-state index contributed by atoms with van der Waals surface area (Å²) in [6.45, 7) is 4.03. The highest BCUT2D eigenvalue weighted by Gasteiger charge is 2.20. The van der Waals surface area contributed by atoms with Crippen molar-refractivity contribution in [1.82, 2.24) is 9.97 Å². The van der Waals surface area contributed by atoms with Crippen LogP contribution < -0.4 is 10.6 Å². The highest BCUT2D eigenvalue weighted by atomic mass is 15.2. The molecule has 0 aliphatic heterocycles. The number of nitrogens with two attached hydrogens (primary N) is 1. The lowest BCUT2D eigenvalue weighted by Gasteiger charge is -2.28. The molecule has 5 rings (SSSR count). The predicted molar refractivity (Wildman–Crippen MR) is 126 cm³/mol. The van der Waals surface area contributed by atoms with Crippen molar-refractivity contribution >= 4 is 44.6 Å². The van der Waals surface area contributed by atoms with Crippen LogP contribution in [0.3, 0.4) is 0 Å². The van der Waals surface area contributed by atoms with Gasteiger partial charge in [-0.25, -0.2) is 0 Å². The lowest BCUT2D eigenvalue weighted by atomic mass is 10.1. The minimum absolute atomic E-state index is 0.701. The summed E-state index contributed by atoms with van der Waals surface area (Å²) in [4.78, 5) is 11.9. The van der Waals surface area contributed by atoms with Gasteiger partial charge in [0.15, 0.2) is 0 Å². The summed E-state index contributed by atoms with van der Waals surface area (Å²) in [7, 11) is 0. The number of hydrogen-bond donors (Lipinski definition) is 1. The zero-order valence-corrected chi connectivity index (χ0v) is 17.0. The fourth-order valence-corrected chi connectivity index (χ4v) is 3.90. The van der Waals surface area contributed by atoms with Crippen molar-refractivity contribution in [3.8, 4) is 0 Å². The number of anilines is 4. The molecule has 0 aliphatic rings. The highest BCUT2D eigenvalue weighted by molar-refractivity contribution is 6.03. The van der Waals surface area contributed by atoms with E-state index in [0.29, 0.717) is 5.69 Å². The molecule has 2 heterocycles. The molecule has 0 bridgehead atoms. The van der Waals surface area contributed by atoms with Crippen LogP contribution in [0.2, 0.25) is 0 Å². The number of para-hydroxylation sites is 4. The first kappa shape index (κ1) is 18.1. The van der Waals surface area contributed by atoms with Crippen LogP contribution in [-0.2, 0) is 0 Å². The smallest absolute Gasteiger partial charge is 0.0945 e. The van der Waals surface area contributed by atoms with Gasteiger partial charge in [0.2, 0.25) is 0 Å². The first-order valence-electron chi connectivity index (χ1n) is 9.99. The molecule has 0 saturated carbocycles. The van der Waals surface area contributed by atoms with Gasteiger partial charge in [0.25, 0.3) is 0 Å². The van der Waals surface area contributed by atoms with Crippen molar-refractivity contribution in [2.75, 3.05) is 10.6 Å². The van der Waals surface area contributed by atoms with E-state index in [-0.39, 0.29) is 0 Å². The second kappa shape index (κ2) is 7.16. The Kier molecular flexibility index (Phi) is 4.32. The maximum absolute atomic E-state index is 6.46. The maximum atomic E-state index is 6.46. The molecule has 4 heteroatoms. The number of aromatic nitrogens is 2. The SMILES string of the molecule is Cc1ccc2cccc(N(c3ccccc3N)c3cccc4ccc(C)nc34)c2n1. The number of rotatable bonds is 3. The van der Waals surface area contributed by atoms with E-state index in [1.54, 1.807) is 0 Å². The van der Waals surface area contributed by atoms with Crippen molar-refractivity contribution in [3.05, 3.63) is 96.3 Å². The van der Waals surface area contributed by atoms with Gasteiger partial charge in [0.05, 0.1) is 33.8 Å². The number of hydrogen-bond acceptors (Lipinski definition) is 4. The highest BCUT2D eigenvalue weighted by Crippen LogP contribution is 2.42. The predicted octanol–water partition coefficient (Wildman–Crippen LogP) is 6.45. The van der Waals surface area contributed by atoms with E-state index in [0.717, 1.165) is 50.3 Å². The molecule has 3 aromatic carbocycles. The van der Waals surface area contributed by atoms with Crippen LogP contribution in [0.25, 0.3) is 21.8 Å². The van der Waals surface area contributed by atoms with Crippen LogP contribution in [0.4, 0.5) is 22.7 Å². The Hall–Kier alpha value is -3.92. The molecule has 0 aliphatic carbocycles. The Labute approximate surface area is 175 Å². The fraction of sp³-hybridized carbons (Fsp3) is 0.0769. The molecule has 2 aromatic heterocycles. The normalized spacial score (nSPS) is 11.1. The average Bonchev–Trinajstić information content (AvgIpc) is 2.75. The summed E-state index contributed by atoms with van der Waals surface area (Å²) in [5, 5.41) is 2.17. The summed E-state index contributed by atoms with van der Waals surface area (Å²) >= 11 is 0. The second-order valence-electron chi connectivity index (χ2n) is 7.50. The van der Waals surface area contributed by atoms with Gasteiger partial charge in [-0.15, -0.1) is 0 Å². The van der Waals surface area contributed by atoms with E-state index in [4.69, 9.17) is 15.7 Å². The van der Waals surface area contributed by atoms with Crippen LogP contribution in [0.1, 0.15) is 11.4 Å². The van der Waals surface area contributed by atoms with E-state index in [9.17, 15) is 0 Å². The zero-order chi connectivity index (χ0) is 20.7. The minimum atomic E-state index is 0.701. The number of nitrogen functional groups attached to an aromatic ring is 1. The zero-order valence-electron chi connectivity index (χ0n) is 17.0.